The second-order valence-corrected chi connectivity index (χ2v) is 11.3. The summed E-state index contributed by atoms with van der Waals surface area (Å²) in [6.45, 7) is 3.51. The van der Waals surface area contributed by atoms with Gasteiger partial charge in [0.1, 0.15) is 5.65 Å². The minimum Gasteiger partial charge on any atom is -0.339 e. The summed E-state index contributed by atoms with van der Waals surface area (Å²) < 4.78 is 27.9. The summed E-state index contributed by atoms with van der Waals surface area (Å²) in [6, 6.07) is 23.5. The lowest BCUT2D eigenvalue weighted by atomic mass is 9.92. The van der Waals surface area contributed by atoms with Gasteiger partial charge in [-0.1, -0.05) is 55.8 Å². The standard InChI is InChI=1S/C30H30N4O3S/c1-4-5-17-38(36,37)33-23-13-16-27-25(18-23)29-28(22-9-7-6-8-10-22)26(19-31-30(29)32-27)21-11-14-24(15-12-21)34(3)20(2)35/h6-16,18-19,33H,4-5,17H2,1-3H3,(H,31,32). The highest BCUT2D eigenvalue weighted by Crippen LogP contribution is 2.41. The van der Waals surface area contributed by atoms with Crippen molar-refractivity contribution in [1.82, 2.24) is 9.97 Å². The highest BCUT2D eigenvalue weighted by Gasteiger charge is 2.19. The first-order valence-electron chi connectivity index (χ1n) is 12.6. The molecule has 0 saturated heterocycles. The van der Waals surface area contributed by atoms with E-state index in [4.69, 9.17) is 4.98 Å². The van der Waals surface area contributed by atoms with Gasteiger partial charge in [0, 0.05) is 59.0 Å². The Balaban J connectivity index is 1.70. The zero-order valence-corrected chi connectivity index (χ0v) is 22.5. The number of fused-ring (bicyclic) bond motifs is 3. The lowest BCUT2D eigenvalue weighted by molar-refractivity contribution is -0.116. The van der Waals surface area contributed by atoms with Crippen LogP contribution in [0.4, 0.5) is 11.4 Å². The number of amides is 1. The Morgan fingerprint density at radius 2 is 1.74 bits per heavy atom. The van der Waals surface area contributed by atoms with Crippen molar-refractivity contribution in [3.63, 3.8) is 0 Å². The number of hydrogen-bond acceptors (Lipinski definition) is 4. The topological polar surface area (TPSA) is 95.2 Å². The summed E-state index contributed by atoms with van der Waals surface area (Å²) in [5.41, 5.74) is 6.85. The number of rotatable bonds is 8. The Labute approximate surface area is 222 Å². The number of aromatic amines is 1. The van der Waals surface area contributed by atoms with Crippen molar-refractivity contribution in [3.05, 3.63) is 79.0 Å². The van der Waals surface area contributed by atoms with Crippen molar-refractivity contribution in [1.29, 1.82) is 0 Å². The first-order chi connectivity index (χ1) is 18.3. The van der Waals surface area contributed by atoms with E-state index >= 15 is 0 Å². The molecule has 1 amide bonds. The Hall–Kier alpha value is -4.17. The smallest absolute Gasteiger partial charge is 0.232 e. The van der Waals surface area contributed by atoms with Crippen LogP contribution in [0, 0.1) is 0 Å². The molecule has 2 heterocycles. The molecular formula is C30H30N4O3S. The number of nitrogens with one attached hydrogen (secondary N) is 2. The van der Waals surface area contributed by atoms with Crippen LogP contribution >= 0.6 is 0 Å². The lowest BCUT2D eigenvalue weighted by Crippen LogP contribution is -2.22. The van der Waals surface area contributed by atoms with Crippen LogP contribution in [0.25, 0.3) is 44.2 Å². The van der Waals surface area contributed by atoms with Crippen molar-refractivity contribution in [2.24, 2.45) is 0 Å². The molecule has 0 aliphatic heterocycles. The number of carbonyl (C=O) groups excluding carboxylic acids is 1. The molecule has 0 spiro atoms. The van der Waals surface area contributed by atoms with Crippen LogP contribution < -0.4 is 9.62 Å². The number of anilines is 2. The van der Waals surface area contributed by atoms with Crippen LogP contribution in [-0.4, -0.2) is 37.1 Å². The zero-order chi connectivity index (χ0) is 26.9. The van der Waals surface area contributed by atoms with Crippen molar-refractivity contribution < 1.29 is 13.2 Å². The lowest BCUT2D eigenvalue weighted by Gasteiger charge is -2.16. The molecule has 0 radical (unpaired) electrons. The maximum Gasteiger partial charge on any atom is 0.232 e. The molecule has 2 N–H and O–H groups in total. The third kappa shape index (κ3) is 4.99. The number of aromatic nitrogens is 2. The molecule has 2 aromatic heterocycles. The van der Waals surface area contributed by atoms with E-state index in [2.05, 4.69) is 21.8 Å². The predicted molar refractivity (Wildman–Crippen MR) is 156 cm³/mol. The second kappa shape index (κ2) is 10.3. The van der Waals surface area contributed by atoms with E-state index in [1.807, 2.05) is 67.7 Å². The maximum absolute atomic E-state index is 12.6. The molecule has 38 heavy (non-hydrogen) atoms. The Morgan fingerprint density at radius 1 is 1.00 bits per heavy atom. The number of hydrogen-bond donors (Lipinski definition) is 2. The van der Waals surface area contributed by atoms with Crippen LogP contribution in [0.1, 0.15) is 26.7 Å². The van der Waals surface area contributed by atoms with Crippen molar-refractivity contribution in [2.75, 3.05) is 22.4 Å². The maximum atomic E-state index is 12.6. The minimum absolute atomic E-state index is 0.0364. The fourth-order valence-corrected chi connectivity index (χ4v) is 5.91. The minimum atomic E-state index is -3.44. The van der Waals surface area contributed by atoms with Gasteiger partial charge < -0.3 is 9.88 Å². The van der Waals surface area contributed by atoms with Gasteiger partial charge in [-0.3, -0.25) is 9.52 Å². The molecule has 0 aliphatic rings. The highest BCUT2D eigenvalue weighted by atomic mass is 32.2. The van der Waals surface area contributed by atoms with Crippen molar-refractivity contribution >= 4 is 49.2 Å². The largest absolute Gasteiger partial charge is 0.339 e. The summed E-state index contributed by atoms with van der Waals surface area (Å²) in [4.78, 5) is 21.6. The van der Waals surface area contributed by atoms with Gasteiger partial charge in [-0.25, -0.2) is 13.4 Å². The van der Waals surface area contributed by atoms with Crippen LogP contribution in [0.15, 0.2) is 79.0 Å². The molecule has 8 heteroatoms. The Bertz CT molecular complexity index is 1730. The molecule has 3 aromatic carbocycles. The van der Waals surface area contributed by atoms with E-state index in [-0.39, 0.29) is 11.7 Å². The highest BCUT2D eigenvalue weighted by molar-refractivity contribution is 7.92. The fraction of sp³-hybridized carbons (Fsp3) is 0.200. The average molecular weight is 527 g/mol. The van der Waals surface area contributed by atoms with Crippen LogP contribution in [0.3, 0.4) is 0 Å². The molecule has 0 unspecified atom stereocenters. The fourth-order valence-electron chi connectivity index (χ4n) is 4.65. The number of pyridine rings is 1. The third-order valence-corrected chi connectivity index (χ3v) is 8.13. The van der Waals surface area contributed by atoms with E-state index in [0.29, 0.717) is 12.1 Å². The quantitative estimate of drug-likeness (QED) is 0.239. The number of sulfonamides is 1. The van der Waals surface area contributed by atoms with E-state index in [1.54, 1.807) is 18.0 Å². The van der Waals surface area contributed by atoms with Crippen molar-refractivity contribution in [3.8, 4) is 22.3 Å². The SMILES string of the molecule is CCCCS(=O)(=O)Nc1ccc2[nH]c3ncc(-c4ccc(N(C)C(C)=O)cc4)c(-c4ccccc4)c3c2c1. The predicted octanol–water partition coefficient (Wildman–Crippen LogP) is 6.57. The van der Waals surface area contributed by atoms with Gasteiger partial charge in [0.15, 0.2) is 0 Å². The molecule has 5 rings (SSSR count). The first kappa shape index (κ1) is 25.5. The van der Waals surface area contributed by atoms with Gasteiger partial charge in [0.2, 0.25) is 15.9 Å². The third-order valence-electron chi connectivity index (χ3n) is 6.76. The van der Waals surface area contributed by atoms with Crippen molar-refractivity contribution in [2.45, 2.75) is 26.7 Å². The zero-order valence-electron chi connectivity index (χ0n) is 21.7. The molecule has 0 saturated carbocycles. The Kier molecular flexibility index (Phi) is 6.91. The number of carbonyl (C=O) groups is 1. The van der Waals surface area contributed by atoms with Gasteiger partial charge >= 0.3 is 0 Å². The summed E-state index contributed by atoms with van der Waals surface area (Å²) in [7, 11) is -1.69. The van der Waals surface area contributed by atoms with Gasteiger partial charge in [0.25, 0.3) is 0 Å². The van der Waals surface area contributed by atoms with E-state index in [1.165, 1.54) is 6.92 Å². The monoisotopic (exact) mass is 526 g/mol. The summed E-state index contributed by atoms with van der Waals surface area (Å²) in [6.07, 6.45) is 3.28. The average Bonchev–Trinajstić information content (AvgIpc) is 3.29. The van der Waals surface area contributed by atoms with Gasteiger partial charge in [-0.15, -0.1) is 0 Å². The summed E-state index contributed by atoms with van der Waals surface area (Å²) in [5, 5.41) is 1.81. The molecular weight excluding hydrogens is 496 g/mol. The molecule has 194 valence electrons. The number of H-pyrrole nitrogens is 1. The molecule has 7 nitrogen and oxygen atoms in total. The summed E-state index contributed by atoms with van der Waals surface area (Å²) >= 11 is 0. The normalized spacial score (nSPS) is 11.7. The number of benzene rings is 3. The molecule has 0 fully saturated rings. The number of nitrogens with zero attached hydrogens (tertiary/aromatic N) is 2. The van der Waals surface area contributed by atoms with E-state index < -0.39 is 10.0 Å². The molecule has 0 atom stereocenters. The Morgan fingerprint density at radius 3 is 2.42 bits per heavy atom. The molecule has 0 bridgehead atoms. The van der Waals surface area contributed by atoms with Crippen LogP contribution in [-0.2, 0) is 14.8 Å². The first-order valence-corrected chi connectivity index (χ1v) is 14.3. The van der Waals surface area contributed by atoms with E-state index in [9.17, 15) is 13.2 Å². The van der Waals surface area contributed by atoms with E-state index in [0.717, 1.165) is 56.3 Å². The number of unbranched alkanes of at least 4 members (excludes halogenated alkanes) is 1. The van der Waals surface area contributed by atoms with Crippen LogP contribution in [0.5, 0.6) is 0 Å². The molecule has 0 aliphatic carbocycles. The van der Waals surface area contributed by atoms with Crippen LogP contribution in [0.2, 0.25) is 0 Å². The van der Waals surface area contributed by atoms with Gasteiger partial charge in [0.05, 0.1) is 5.75 Å². The molecule has 5 aromatic rings. The second-order valence-electron chi connectivity index (χ2n) is 9.42. The van der Waals surface area contributed by atoms with Gasteiger partial charge in [-0.2, -0.15) is 0 Å². The summed E-state index contributed by atoms with van der Waals surface area (Å²) in [5.74, 6) is 0.0521. The van der Waals surface area contributed by atoms with Gasteiger partial charge in [-0.05, 0) is 47.9 Å².